The van der Waals surface area contributed by atoms with Crippen LogP contribution in [0.15, 0.2) is 24.3 Å². The summed E-state index contributed by atoms with van der Waals surface area (Å²) in [5.41, 5.74) is 1.22. The van der Waals surface area contributed by atoms with E-state index in [0.717, 1.165) is 19.4 Å². The Kier molecular flexibility index (Phi) is 6.84. The molecular weight excluding hydrogens is 324 g/mol. The largest absolute Gasteiger partial charge is 0.337 e. The molecule has 0 radical (unpaired) electrons. The summed E-state index contributed by atoms with van der Waals surface area (Å²) in [6.07, 6.45) is 3.26. The maximum absolute atomic E-state index is 12.5. The van der Waals surface area contributed by atoms with Crippen molar-refractivity contribution in [3.8, 4) is 0 Å². The molecule has 1 aliphatic rings. The van der Waals surface area contributed by atoms with E-state index in [9.17, 15) is 13.2 Å². The average molecular weight is 347 g/mol. The molecule has 7 heteroatoms. The van der Waals surface area contributed by atoms with Gasteiger partial charge in [0.25, 0.3) is 5.91 Å². The highest BCUT2D eigenvalue weighted by atomic mass is 35.5. The molecule has 1 aromatic carbocycles. The van der Waals surface area contributed by atoms with E-state index in [0.29, 0.717) is 23.7 Å². The maximum atomic E-state index is 12.5. The van der Waals surface area contributed by atoms with Crippen LogP contribution in [0.3, 0.4) is 0 Å². The van der Waals surface area contributed by atoms with Crippen molar-refractivity contribution in [3.63, 3.8) is 0 Å². The predicted octanol–water partition coefficient (Wildman–Crippen LogP) is 1.48. The van der Waals surface area contributed by atoms with Crippen molar-refractivity contribution in [1.29, 1.82) is 0 Å². The third-order valence-corrected chi connectivity index (χ3v) is 4.58. The molecule has 0 aliphatic carbocycles. The van der Waals surface area contributed by atoms with Gasteiger partial charge in [-0.1, -0.05) is 12.1 Å². The van der Waals surface area contributed by atoms with E-state index in [1.165, 1.54) is 6.26 Å². The third-order valence-electron chi connectivity index (χ3n) is 3.72. The van der Waals surface area contributed by atoms with Gasteiger partial charge in [0.15, 0.2) is 9.84 Å². The fourth-order valence-corrected chi connectivity index (χ4v) is 3.46. The van der Waals surface area contributed by atoms with Gasteiger partial charge in [-0.25, -0.2) is 8.42 Å². The van der Waals surface area contributed by atoms with Crippen LogP contribution in [0, 0.1) is 0 Å². The van der Waals surface area contributed by atoms with Crippen LogP contribution in [-0.2, 0) is 15.6 Å². The molecule has 1 N–H and O–H groups in total. The number of halogens is 1. The topological polar surface area (TPSA) is 66.5 Å². The van der Waals surface area contributed by atoms with Crippen molar-refractivity contribution < 1.29 is 13.2 Å². The molecule has 0 saturated carbocycles. The van der Waals surface area contributed by atoms with Crippen LogP contribution < -0.4 is 5.32 Å². The molecule has 5 nitrogen and oxygen atoms in total. The summed E-state index contributed by atoms with van der Waals surface area (Å²) < 4.78 is 22.7. The first-order chi connectivity index (χ1) is 9.89. The van der Waals surface area contributed by atoms with Gasteiger partial charge < -0.3 is 10.2 Å². The molecule has 1 unspecified atom stereocenters. The normalized spacial score (nSPS) is 18.6. The first-order valence-corrected chi connectivity index (χ1v) is 9.18. The lowest BCUT2D eigenvalue weighted by atomic mass is 10.0. The highest BCUT2D eigenvalue weighted by Gasteiger charge is 2.23. The van der Waals surface area contributed by atoms with E-state index in [-0.39, 0.29) is 24.1 Å². The van der Waals surface area contributed by atoms with E-state index in [1.807, 2.05) is 11.9 Å². The van der Waals surface area contributed by atoms with E-state index < -0.39 is 9.84 Å². The Bertz CT molecular complexity index is 619. The van der Waals surface area contributed by atoms with Gasteiger partial charge >= 0.3 is 0 Å². The van der Waals surface area contributed by atoms with Gasteiger partial charge in [-0.2, -0.15) is 0 Å². The molecule has 1 atom stereocenters. The van der Waals surface area contributed by atoms with Crippen molar-refractivity contribution in [1.82, 2.24) is 10.2 Å². The number of nitrogens with one attached hydrogen (secondary N) is 1. The average Bonchev–Trinajstić information content (AvgIpc) is 2.45. The van der Waals surface area contributed by atoms with Crippen LogP contribution in [0.25, 0.3) is 0 Å². The lowest BCUT2D eigenvalue weighted by Crippen LogP contribution is -2.46. The minimum absolute atomic E-state index is 0. The molecule has 1 heterocycles. The number of likely N-dealkylation sites (N-methyl/N-ethyl adjacent to an activating group) is 1. The van der Waals surface area contributed by atoms with E-state index in [2.05, 4.69) is 5.32 Å². The fourth-order valence-electron chi connectivity index (χ4n) is 2.68. The first-order valence-electron chi connectivity index (χ1n) is 7.12. The maximum Gasteiger partial charge on any atom is 0.253 e. The second-order valence-electron chi connectivity index (χ2n) is 5.65. The number of piperidine rings is 1. The third kappa shape index (κ3) is 5.26. The summed E-state index contributed by atoms with van der Waals surface area (Å²) in [5.74, 6) is -0.0573. The van der Waals surface area contributed by atoms with E-state index >= 15 is 0 Å². The van der Waals surface area contributed by atoms with Crippen LogP contribution in [0.2, 0.25) is 0 Å². The number of amides is 1. The number of sulfone groups is 1. The summed E-state index contributed by atoms with van der Waals surface area (Å²) in [6.45, 7) is 1.46. The Morgan fingerprint density at radius 3 is 2.77 bits per heavy atom. The van der Waals surface area contributed by atoms with Gasteiger partial charge in [0.1, 0.15) is 0 Å². The molecule has 1 fully saturated rings. The Labute approximate surface area is 138 Å². The molecule has 2 rings (SSSR count). The van der Waals surface area contributed by atoms with Gasteiger partial charge in [-0.3, -0.25) is 4.79 Å². The molecule has 22 heavy (non-hydrogen) atoms. The van der Waals surface area contributed by atoms with Crippen molar-refractivity contribution in [2.75, 3.05) is 26.4 Å². The fraction of sp³-hybridized carbons (Fsp3) is 0.533. The molecule has 1 saturated heterocycles. The van der Waals surface area contributed by atoms with Gasteiger partial charge in [0.05, 0.1) is 5.75 Å². The lowest BCUT2D eigenvalue weighted by molar-refractivity contribution is 0.0698. The number of nitrogens with zero attached hydrogens (tertiary/aromatic N) is 1. The molecule has 0 bridgehead atoms. The van der Waals surface area contributed by atoms with Gasteiger partial charge in [-0.05, 0) is 37.6 Å². The molecule has 1 aliphatic heterocycles. The highest BCUT2D eigenvalue weighted by molar-refractivity contribution is 7.89. The summed E-state index contributed by atoms with van der Waals surface area (Å²) >= 11 is 0. The first kappa shape index (κ1) is 18.9. The van der Waals surface area contributed by atoms with Crippen LogP contribution in [0.5, 0.6) is 0 Å². The van der Waals surface area contributed by atoms with Gasteiger partial charge in [0.2, 0.25) is 0 Å². The second-order valence-corrected chi connectivity index (χ2v) is 7.79. The number of likely N-dealkylation sites (tertiary alicyclic amines) is 1. The zero-order valence-electron chi connectivity index (χ0n) is 12.9. The minimum Gasteiger partial charge on any atom is -0.337 e. The second kappa shape index (κ2) is 7.94. The van der Waals surface area contributed by atoms with Crippen molar-refractivity contribution >= 4 is 28.2 Å². The summed E-state index contributed by atoms with van der Waals surface area (Å²) in [6, 6.07) is 7.25. The number of hydrogen-bond donors (Lipinski definition) is 1. The van der Waals surface area contributed by atoms with Crippen molar-refractivity contribution in [2.24, 2.45) is 0 Å². The molecule has 1 aromatic rings. The zero-order chi connectivity index (χ0) is 15.5. The Balaban J connectivity index is 0.00000242. The number of carbonyl (C=O) groups is 1. The Morgan fingerprint density at radius 1 is 1.41 bits per heavy atom. The molecular formula is C15H23ClN2O3S. The van der Waals surface area contributed by atoms with E-state index in [1.54, 1.807) is 24.3 Å². The molecule has 0 aromatic heterocycles. The standard InChI is InChI=1S/C15H22N2O3S.ClH/c1-16-14-7-4-8-17(10-14)15(18)13-6-3-5-12(9-13)11-21(2,19)20;/h3,5-6,9,14,16H,4,7-8,10-11H2,1-2H3;1H. The van der Waals surface area contributed by atoms with Gasteiger partial charge in [0, 0.05) is 31.0 Å². The van der Waals surface area contributed by atoms with Crippen molar-refractivity contribution in [2.45, 2.75) is 24.6 Å². The molecule has 124 valence electrons. The summed E-state index contributed by atoms with van der Waals surface area (Å²) in [5, 5.41) is 3.21. The molecule has 0 spiro atoms. The zero-order valence-corrected chi connectivity index (χ0v) is 14.5. The SMILES string of the molecule is CNC1CCCN(C(=O)c2cccc(CS(C)(=O)=O)c2)C1.Cl. The summed E-state index contributed by atoms with van der Waals surface area (Å²) in [4.78, 5) is 14.4. The van der Waals surface area contributed by atoms with Crippen molar-refractivity contribution in [3.05, 3.63) is 35.4 Å². The highest BCUT2D eigenvalue weighted by Crippen LogP contribution is 2.15. The number of benzene rings is 1. The lowest BCUT2D eigenvalue weighted by Gasteiger charge is -2.32. The number of hydrogen-bond acceptors (Lipinski definition) is 4. The summed E-state index contributed by atoms with van der Waals surface area (Å²) in [7, 11) is -1.18. The monoisotopic (exact) mass is 346 g/mol. The van der Waals surface area contributed by atoms with Crippen LogP contribution in [0.1, 0.15) is 28.8 Å². The minimum atomic E-state index is -3.09. The predicted molar refractivity (Wildman–Crippen MR) is 90.2 cm³/mol. The Hall–Kier alpha value is -1.11. The smallest absolute Gasteiger partial charge is 0.253 e. The quantitative estimate of drug-likeness (QED) is 0.896. The van der Waals surface area contributed by atoms with Crippen LogP contribution >= 0.6 is 12.4 Å². The Morgan fingerprint density at radius 2 is 2.14 bits per heavy atom. The van der Waals surface area contributed by atoms with E-state index in [4.69, 9.17) is 0 Å². The molecule has 1 amide bonds. The van der Waals surface area contributed by atoms with Crippen LogP contribution in [0.4, 0.5) is 0 Å². The van der Waals surface area contributed by atoms with Crippen LogP contribution in [-0.4, -0.2) is 51.7 Å². The van der Waals surface area contributed by atoms with Gasteiger partial charge in [-0.15, -0.1) is 12.4 Å². The number of carbonyl (C=O) groups excluding carboxylic acids is 1. The number of rotatable bonds is 4.